The number of nitrogens with zero attached hydrogens (tertiary/aromatic N) is 1. The van der Waals surface area contributed by atoms with E-state index in [1.807, 2.05) is 0 Å². The first-order valence-corrected chi connectivity index (χ1v) is 6.69. The van der Waals surface area contributed by atoms with E-state index in [0.29, 0.717) is 13.1 Å². The van der Waals surface area contributed by atoms with Crippen molar-refractivity contribution in [3.8, 4) is 0 Å². The number of carbonyl (C=O) groups is 2. The highest BCUT2D eigenvalue weighted by atomic mass is 19.1. The number of halogens is 2. The second kappa shape index (κ2) is 6.62. The number of hydrogen-bond donors (Lipinski definition) is 2. The summed E-state index contributed by atoms with van der Waals surface area (Å²) in [6.45, 7) is 2.97. The molecule has 0 aliphatic carbocycles. The summed E-state index contributed by atoms with van der Waals surface area (Å²) < 4.78 is 26.5. The van der Waals surface area contributed by atoms with Crippen LogP contribution in [0.5, 0.6) is 0 Å². The maximum Gasteiger partial charge on any atom is 0.234 e. The lowest BCUT2D eigenvalue weighted by molar-refractivity contribution is -0.127. The van der Waals surface area contributed by atoms with E-state index in [0.717, 1.165) is 12.1 Å². The molecule has 2 amide bonds. The summed E-state index contributed by atoms with van der Waals surface area (Å²) in [7, 11) is 0. The van der Waals surface area contributed by atoms with E-state index in [9.17, 15) is 18.4 Å². The maximum atomic E-state index is 13.6. The fourth-order valence-electron chi connectivity index (χ4n) is 2.25. The van der Waals surface area contributed by atoms with Gasteiger partial charge in [0.05, 0.1) is 19.1 Å². The average molecular weight is 297 g/mol. The highest BCUT2D eigenvalue weighted by Crippen LogP contribution is 2.17. The molecule has 21 heavy (non-hydrogen) atoms. The Bertz CT molecular complexity index is 551. The SMILES string of the molecule is C[C@H](NC(=O)CN1CCNC(=O)C1)c1ccc(F)cc1F. The van der Waals surface area contributed by atoms with E-state index >= 15 is 0 Å². The van der Waals surface area contributed by atoms with Crippen LogP contribution < -0.4 is 10.6 Å². The molecule has 0 saturated carbocycles. The van der Waals surface area contributed by atoms with Crippen LogP contribution in [0.25, 0.3) is 0 Å². The topological polar surface area (TPSA) is 61.4 Å². The highest BCUT2D eigenvalue weighted by molar-refractivity contribution is 5.82. The van der Waals surface area contributed by atoms with E-state index in [2.05, 4.69) is 10.6 Å². The zero-order chi connectivity index (χ0) is 15.4. The smallest absolute Gasteiger partial charge is 0.234 e. The molecule has 2 rings (SSSR count). The summed E-state index contributed by atoms with van der Waals surface area (Å²) in [4.78, 5) is 24.8. The Hall–Kier alpha value is -2.02. The van der Waals surface area contributed by atoms with Crippen molar-refractivity contribution < 1.29 is 18.4 Å². The monoisotopic (exact) mass is 297 g/mol. The molecule has 1 aliphatic heterocycles. The van der Waals surface area contributed by atoms with Gasteiger partial charge in [0.25, 0.3) is 0 Å². The lowest BCUT2D eigenvalue weighted by atomic mass is 10.1. The van der Waals surface area contributed by atoms with E-state index in [1.165, 1.54) is 6.07 Å². The van der Waals surface area contributed by atoms with Gasteiger partial charge < -0.3 is 10.6 Å². The van der Waals surface area contributed by atoms with Crippen molar-refractivity contribution in [2.45, 2.75) is 13.0 Å². The second-order valence-corrected chi connectivity index (χ2v) is 5.02. The normalized spacial score (nSPS) is 17.2. The van der Waals surface area contributed by atoms with Crippen LogP contribution in [0.4, 0.5) is 8.78 Å². The molecule has 1 aromatic carbocycles. The Kier molecular flexibility index (Phi) is 4.85. The highest BCUT2D eigenvalue weighted by Gasteiger charge is 2.20. The number of benzene rings is 1. The number of amides is 2. The Morgan fingerprint density at radius 3 is 2.90 bits per heavy atom. The van der Waals surface area contributed by atoms with Crippen molar-refractivity contribution in [1.29, 1.82) is 0 Å². The Morgan fingerprint density at radius 1 is 1.48 bits per heavy atom. The summed E-state index contributed by atoms with van der Waals surface area (Å²) in [6, 6.07) is 2.67. The fourth-order valence-corrected chi connectivity index (χ4v) is 2.25. The molecule has 0 unspecified atom stereocenters. The molecule has 1 heterocycles. The molecule has 114 valence electrons. The second-order valence-electron chi connectivity index (χ2n) is 5.02. The van der Waals surface area contributed by atoms with E-state index in [1.54, 1.807) is 11.8 Å². The molecule has 0 bridgehead atoms. The lowest BCUT2D eigenvalue weighted by Gasteiger charge is -2.26. The van der Waals surface area contributed by atoms with Crippen LogP contribution in [-0.2, 0) is 9.59 Å². The molecule has 1 aromatic rings. The van der Waals surface area contributed by atoms with Gasteiger partial charge in [-0.25, -0.2) is 8.78 Å². The summed E-state index contributed by atoms with van der Waals surface area (Å²) in [5, 5.41) is 5.31. The first-order chi connectivity index (χ1) is 9.95. The third-order valence-corrected chi connectivity index (χ3v) is 3.29. The summed E-state index contributed by atoms with van der Waals surface area (Å²) in [6.07, 6.45) is 0. The van der Waals surface area contributed by atoms with E-state index in [4.69, 9.17) is 0 Å². The predicted molar refractivity (Wildman–Crippen MR) is 72.4 cm³/mol. The van der Waals surface area contributed by atoms with Gasteiger partial charge >= 0.3 is 0 Å². The van der Waals surface area contributed by atoms with Crippen molar-refractivity contribution in [1.82, 2.24) is 15.5 Å². The molecular formula is C14H17F2N3O2. The third-order valence-electron chi connectivity index (χ3n) is 3.29. The van der Waals surface area contributed by atoms with Crippen LogP contribution in [0, 0.1) is 11.6 Å². The molecule has 1 fully saturated rings. The van der Waals surface area contributed by atoms with Crippen LogP contribution in [0.2, 0.25) is 0 Å². The van der Waals surface area contributed by atoms with Gasteiger partial charge in [0, 0.05) is 24.7 Å². The van der Waals surface area contributed by atoms with Gasteiger partial charge in [-0.3, -0.25) is 14.5 Å². The van der Waals surface area contributed by atoms with Crippen molar-refractivity contribution >= 4 is 11.8 Å². The maximum absolute atomic E-state index is 13.6. The first kappa shape index (κ1) is 15.4. The van der Waals surface area contributed by atoms with Gasteiger partial charge in [-0.1, -0.05) is 6.07 Å². The minimum Gasteiger partial charge on any atom is -0.354 e. The Morgan fingerprint density at radius 2 is 2.24 bits per heavy atom. The van der Waals surface area contributed by atoms with Crippen molar-refractivity contribution in [3.63, 3.8) is 0 Å². The first-order valence-electron chi connectivity index (χ1n) is 6.69. The van der Waals surface area contributed by atoms with Crippen LogP contribution in [-0.4, -0.2) is 42.9 Å². The standard InChI is InChI=1S/C14H17F2N3O2/c1-9(11-3-2-10(15)6-12(11)16)18-14(21)8-19-5-4-17-13(20)7-19/h2-3,6,9H,4-5,7-8H2,1H3,(H,17,20)(H,18,21)/t9-/m0/s1. The zero-order valence-electron chi connectivity index (χ0n) is 11.7. The van der Waals surface area contributed by atoms with Crippen LogP contribution in [0.3, 0.4) is 0 Å². The number of rotatable bonds is 4. The molecule has 0 aromatic heterocycles. The number of carbonyl (C=O) groups excluding carboxylic acids is 2. The van der Waals surface area contributed by atoms with E-state index in [-0.39, 0.29) is 30.5 Å². The molecule has 2 N–H and O–H groups in total. The van der Waals surface area contributed by atoms with Gasteiger partial charge in [-0.05, 0) is 13.0 Å². The number of nitrogens with one attached hydrogen (secondary N) is 2. The largest absolute Gasteiger partial charge is 0.354 e. The average Bonchev–Trinajstić information content (AvgIpc) is 2.38. The molecule has 0 radical (unpaired) electrons. The molecule has 7 heteroatoms. The van der Waals surface area contributed by atoms with Gasteiger partial charge in [-0.2, -0.15) is 0 Å². The van der Waals surface area contributed by atoms with Crippen LogP contribution >= 0.6 is 0 Å². The quantitative estimate of drug-likeness (QED) is 0.854. The molecule has 0 spiro atoms. The zero-order valence-corrected chi connectivity index (χ0v) is 11.7. The van der Waals surface area contributed by atoms with Gasteiger partial charge in [0.15, 0.2) is 0 Å². The Balaban J connectivity index is 1.91. The van der Waals surface area contributed by atoms with Crippen LogP contribution in [0.1, 0.15) is 18.5 Å². The number of hydrogen-bond acceptors (Lipinski definition) is 3. The van der Waals surface area contributed by atoms with Gasteiger partial charge in [0.1, 0.15) is 11.6 Å². The lowest BCUT2D eigenvalue weighted by Crippen LogP contribution is -2.50. The molecule has 5 nitrogen and oxygen atoms in total. The molecule has 1 atom stereocenters. The minimum absolute atomic E-state index is 0.0700. The summed E-state index contributed by atoms with van der Waals surface area (Å²) in [5.74, 6) is -1.78. The van der Waals surface area contributed by atoms with Crippen LogP contribution in [0.15, 0.2) is 18.2 Å². The predicted octanol–water partition coefficient (Wildman–Crippen LogP) is 0.574. The minimum atomic E-state index is -0.694. The number of piperazine rings is 1. The Labute approximate surface area is 121 Å². The summed E-state index contributed by atoms with van der Waals surface area (Å²) in [5.41, 5.74) is 0.223. The third kappa shape index (κ3) is 4.22. The van der Waals surface area contributed by atoms with E-state index < -0.39 is 17.7 Å². The molecular weight excluding hydrogens is 280 g/mol. The van der Waals surface area contributed by atoms with Gasteiger partial charge in [-0.15, -0.1) is 0 Å². The van der Waals surface area contributed by atoms with Crippen molar-refractivity contribution in [2.24, 2.45) is 0 Å². The fraction of sp³-hybridized carbons (Fsp3) is 0.429. The van der Waals surface area contributed by atoms with Crippen molar-refractivity contribution in [3.05, 3.63) is 35.4 Å². The van der Waals surface area contributed by atoms with Gasteiger partial charge in [0.2, 0.25) is 11.8 Å². The molecule has 1 saturated heterocycles. The summed E-state index contributed by atoms with van der Waals surface area (Å²) >= 11 is 0. The molecule has 1 aliphatic rings. The van der Waals surface area contributed by atoms with Crippen molar-refractivity contribution in [2.75, 3.05) is 26.2 Å².